The fraction of sp³-hybridized carbons (Fsp3) is 0.160. The molecule has 1 amide bonds. The average Bonchev–Trinajstić information content (AvgIpc) is 3.29. The Hall–Kier alpha value is -4.33. The predicted octanol–water partition coefficient (Wildman–Crippen LogP) is 3.46. The lowest BCUT2D eigenvalue weighted by atomic mass is 9.87. The average molecular weight is 444 g/mol. The molecule has 3 heterocycles. The highest BCUT2D eigenvalue weighted by Gasteiger charge is 2.28. The van der Waals surface area contributed by atoms with E-state index in [0.717, 1.165) is 0 Å². The van der Waals surface area contributed by atoms with Crippen LogP contribution in [0.2, 0.25) is 0 Å². The molecule has 2 aromatic heterocycles. The van der Waals surface area contributed by atoms with Crippen LogP contribution in [0.25, 0.3) is 11.0 Å². The van der Waals surface area contributed by atoms with Crippen molar-refractivity contribution in [3.63, 3.8) is 0 Å². The summed E-state index contributed by atoms with van der Waals surface area (Å²) in [6, 6.07) is 15.4. The van der Waals surface area contributed by atoms with Crippen LogP contribution in [0, 0.1) is 0 Å². The van der Waals surface area contributed by atoms with Gasteiger partial charge in [0.05, 0.1) is 23.9 Å². The zero-order valence-electron chi connectivity index (χ0n) is 17.5. The van der Waals surface area contributed by atoms with Gasteiger partial charge in [-0.05, 0) is 30.3 Å². The molecule has 1 aliphatic heterocycles. The van der Waals surface area contributed by atoms with Crippen molar-refractivity contribution in [1.82, 2.24) is 10.3 Å². The summed E-state index contributed by atoms with van der Waals surface area (Å²) in [7, 11) is 0. The molecular formula is C25H20N2O6. The predicted molar refractivity (Wildman–Crippen MR) is 119 cm³/mol. The first-order valence-corrected chi connectivity index (χ1v) is 10.4. The summed E-state index contributed by atoms with van der Waals surface area (Å²) in [5, 5.41) is 13.9. The fourth-order valence-electron chi connectivity index (χ4n) is 3.90. The van der Waals surface area contributed by atoms with Gasteiger partial charge in [0, 0.05) is 35.7 Å². The fourth-order valence-corrected chi connectivity index (χ4v) is 3.90. The molecule has 0 aliphatic carbocycles. The number of phenolic OH excluding ortho intramolecular Hbond substituents is 1. The van der Waals surface area contributed by atoms with E-state index in [0.29, 0.717) is 33.7 Å². The molecule has 5 rings (SSSR count). The number of ether oxygens (including phenoxy) is 2. The first kappa shape index (κ1) is 20.6. The maximum atomic E-state index is 13.3. The number of hydrogen-bond acceptors (Lipinski definition) is 7. The van der Waals surface area contributed by atoms with Crippen LogP contribution in [0.1, 0.15) is 29.2 Å². The number of fused-ring (bicyclic) bond motifs is 2. The summed E-state index contributed by atoms with van der Waals surface area (Å²) < 4.78 is 16.5. The monoisotopic (exact) mass is 444 g/mol. The molecule has 1 aliphatic rings. The zero-order valence-corrected chi connectivity index (χ0v) is 17.5. The lowest BCUT2D eigenvalue weighted by Gasteiger charge is -2.19. The SMILES string of the molecule is O=C(C[C@H](c1cc2c(cc1O)OCO2)c1coc2ccccc2c1=O)NCc1ccccn1. The largest absolute Gasteiger partial charge is 0.508 e. The van der Waals surface area contributed by atoms with Crippen molar-refractivity contribution in [3.8, 4) is 17.2 Å². The van der Waals surface area contributed by atoms with E-state index >= 15 is 0 Å². The van der Waals surface area contributed by atoms with Crippen molar-refractivity contribution in [2.75, 3.05) is 6.79 Å². The van der Waals surface area contributed by atoms with Gasteiger partial charge < -0.3 is 24.3 Å². The number of amides is 1. The Labute approximate surface area is 188 Å². The van der Waals surface area contributed by atoms with Gasteiger partial charge in [-0.25, -0.2) is 0 Å². The lowest BCUT2D eigenvalue weighted by molar-refractivity contribution is -0.121. The van der Waals surface area contributed by atoms with E-state index in [4.69, 9.17) is 13.9 Å². The van der Waals surface area contributed by atoms with E-state index < -0.39 is 5.92 Å². The van der Waals surface area contributed by atoms with Crippen molar-refractivity contribution >= 4 is 16.9 Å². The number of aromatic nitrogens is 1. The quantitative estimate of drug-likeness (QED) is 0.469. The number of nitrogens with one attached hydrogen (secondary N) is 1. The van der Waals surface area contributed by atoms with E-state index in [9.17, 15) is 14.7 Å². The molecule has 0 unspecified atom stereocenters. The van der Waals surface area contributed by atoms with Crippen LogP contribution in [-0.2, 0) is 11.3 Å². The number of phenols is 1. The Balaban J connectivity index is 1.52. The summed E-state index contributed by atoms with van der Waals surface area (Å²) in [5.41, 5.74) is 1.51. The third-order valence-electron chi connectivity index (χ3n) is 5.56. The first-order chi connectivity index (χ1) is 16.1. The molecule has 2 N–H and O–H groups in total. The molecular weight excluding hydrogens is 424 g/mol. The van der Waals surface area contributed by atoms with Gasteiger partial charge in [-0.3, -0.25) is 14.6 Å². The molecule has 4 aromatic rings. The van der Waals surface area contributed by atoms with Crippen molar-refractivity contribution in [2.24, 2.45) is 0 Å². The normalized spacial score (nSPS) is 13.1. The molecule has 1 atom stereocenters. The lowest BCUT2D eigenvalue weighted by Crippen LogP contribution is -2.27. The summed E-state index contributed by atoms with van der Waals surface area (Å²) in [6.07, 6.45) is 2.91. The molecule has 8 nitrogen and oxygen atoms in total. The van der Waals surface area contributed by atoms with Gasteiger partial charge in [0.25, 0.3) is 0 Å². The molecule has 8 heteroatoms. The standard InChI is InChI=1S/C25H20N2O6/c28-20-11-23-22(32-14-33-23)9-18(20)17(10-24(29)27-12-15-5-3-4-8-26-15)19-13-31-21-7-2-1-6-16(21)25(19)30/h1-9,11,13,17,28H,10,12,14H2,(H,27,29)/t17-/m1/s1. The molecule has 0 saturated heterocycles. The van der Waals surface area contributed by atoms with Crippen molar-refractivity contribution < 1.29 is 23.8 Å². The number of carbonyl (C=O) groups is 1. The molecule has 0 saturated carbocycles. The van der Waals surface area contributed by atoms with Gasteiger partial charge in [0.1, 0.15) is 11.3 Å². The second-order valence-electron chi connectivity index (χ2n) is 7.64. The van der Waals surface area contributed by atoms with Crippen LogP contribution in [0.3, 0.4) is 0 Å². The molecule has 0 radical (unpaired) electrons. The molecule has 0 fully saturated rings. The highest BCUT2D eigenvalue weighted by atomic mass is 16.7. The van der Waals surface area contributed by atoms with E-state index in [1.807, 2.05) is 6.07 Å². The minimum Gasteiger partial charge on any atom is -0.508 e. The summed E-state index contributed by atoms with van der Waals surface area (Å²) in [5.74, 6) is -0.347. The van der Waals surface area contributed by atoms with Gasteiger partial charge in [-0.2, -0.15) is 0 Å². The molecule has 0 spiro atoms. The van der Waals surface area contributed by atoms with Crippen molar-refractivity contribution in [2.45, 2.75) is 18.9 Å². The van der Waals surface area contributed by atoms with E-state index in [-0.39, 0.29) is 42.4 Å². The van der Waals surface area contributed by atoms with Crippen LogP contribution in [0.5, 0.6) is 17.2 Å². The third kappa shape index (κ3) is 4.10. The van der Waals surface area contributed by atoms with Crippen LogP contribution in [0.4, 0.5) is 0 Å². The van der Waals surface area contributed by atoms with Crippen LogP contribution in [0.15, 0.2) is 76.3 Å². The van der Waals surface area contributed by atoms with Crippen LogP contribution in [-0.4, -0.2) is 22.8 Å². The van der Waals surface area contributed by atoms with Gasteiger partial charge in [0.2, 0.25) is 12.7 Å². The molecule has 0 bridgehead atoms. The van der Waals surface area contributed by atoms with Gasteiger partial charge in [0.15, 0.2) is 16.9 Å². The Kier molecular flexibility index (Phi) is 5.40. The second-order valence-corrected chi connectivity index (χ2v) is 7.64. The number of para-hydroxylation sites is 1. The van der Waals surface area contributed by atoms with Gasteiger partial charge in [-0.15, -0.1) is 0 Å². The smallest absolute Gasteiger partial charge is 0.231 e. The van der Waals surface area contributed by atoms with E-state index in [1.165, 1.54) is 12.3 Å². The van der Waals surface area contributed by atoms with Crippen molar-refractivity contribution in [3.05, 3.63) is 94.1 Å². The summed E-state index contributed by atoms with van der Waals surface area (Å²) in [4.78, 5) is 30.4. The van der Waals surface area contributed by atoms with Crippen LogP contribution >= 0.6 is 0 Å². The minimum absolute atomic E-state index is 0.0333. The number of rotatable bonds is 6. The maximum Gasteiger partial charge on any atom is 0.231 e. The number of nitrogens with zero attached hydrogens (tertiary/aromatic N) is 1. The highest BCUT2D eigenvalue weighted by molar-refractivity contribution is 5.80. The molecule has 2 aromatic carbocycles. The van der Waals surface area contributed by atoms with Gasteiger partial charge in [-0.1, -0.05) is 18.2 Å². The maximum absolute atomic E-state index is 13.3. The Bertz CT molecular complexity index is 1380. The first-order valence-electron chi connectivity index (χ1n) is 10.4. The Morgan fingerprint density at radius 2 is 1.85 bits per heavy atom. The molecule has 33 heavy (non-hydrogen) atoms. The topological polar surface area (TPSA) is 111 Å². The van der Waals surface area contributed by atoms with E-state index in [1.54, 1.807) is 48.7 Å². The second kappa shape index (κ2) is 8.66. The Morgan fingerprint density at radius 3 is 2.67 bits per heavy atom. The summed E-state index contributed by atoms with van der Waals surface area (Å²) in [6.45, 7) is 0.275. The third-order valence-corrected chi connectivity index (χ3v) is 5.56. The van der Waals surface area contributed by atoms with Crippen LogP contribution < -0.4 is 20.2 Å². The number of hydrogen-bond donors (Lipinski definition) is 2. The Morgan fingerprint density at radius 1 is 1.06 bits per heavy atom. The highest BCUT2D eigenvalue weighted by Crippen LogP contribution is 2.42. The number of carbonyl (C=O) groups excluding carboxylic acids is 1. The van der Waals surface area contributed by atoms with E-state index in [2.05, 4.69) is 10.3 Å². The van der Waals surface area contributed by atoms with Crippen molar-refractivity contribution in [1.29, 1.82) is 0 Å². The minimum atomic E-state index is -0.774. The summed E-state index contributed by atoms with van der Waals surface area (Å²) >= 11 is 0. The number of benzene rings is 2. The molecule has 166 valence electrons. The zero-order chi connectivity index (χ0) is 22.8. The number of aromatic hydroxyl groups is 1. The van der Waals surface area contributed by atoms with Gasteiger partial charge >= 0.3 is 0 Å². The number of pyridine rings is 1.